The van der Waals surface area contributed by atoms with Gasteiger partial charge in [0.2, 0.25) is 10.0 Å². The zero-order valence-electron chi connectivity index (χ0n) is 11.8. The van der Waals surface area contributed by atoms with E-state index in [-0.39, 0.29) is 4.90 Å². The van der Waals surface area contributed by atoms with Crippen molar-refractivity contribution in [3.05, 3.63) is 35.4 Å². The summed E-state index contributed by atoms with van der Waals surface area (Å²) in [5, 5.41) is 3.20. The van der Waals surface area contributed by atoms with Gasteiger partial charge in [-0.05, 0) is 43.7 Å². The standard InChI is InChI=1S/C14H20N2O3S/c1-11-9-13(3-4-14(11)19-2)20(17,18)16-10-12-5-7-15-8-6-12/h3-5,9,15-16H,6-8,10H2,1-2H3. The van der Waals surface area contributed by atoms with Crippen LogP contribution < -0.4 is 14.8 Å². The third kappa shape index (κ3) is 3.59. The molecule has 0 fully saturated rings. The molecule has 110 valence electrons. The average molecular weight is 296 g/mol. The Morgan fingerprint density at radius 1 is 1.40 bits per heavy atom. The summed E-state index contributed by atoms with van der Waals surface area (Å²) in [7, 11) is -1.91. The highest BCUT2D eigenvalue weighted by Crippen LogP contribution is 2.21. The molecule has 0 saturated heterocycles. The van der Waals surface area contributed by atoms with E-state index in [1.807, 2.05) is 13.0 Å². The minimum absolute atomic E-state index is 0.269. The fraction of sp³-hybridized carbons (Fsp3) is 0.429. The second kappa shape index (κ2) is 6.39. The monoisotopic (exact) mass is 296 g/mol. The van der Waals surface area contributed by atoms with Gasteiger partial charge in [0.05, 0.1) is 12.0 Å². The molecule has 0 aromatic heterocycles. The molecule has 1 heterocycles. The summed E-state index contributed by atoms with van der Waals surface area (Å²) in [5.41, 5.74) is 1.93. The van der Waals surface area contributed by atoms with Gasteiger partial charge < -0.3 is 10.1 Å². The van der Waals surface area contributed by atoms with E-state index in [1.54, 1.807) is 25.3 Å². The zero-order chi connectivity index (χ0) is 14.6. The van der Waals surface area contributed by atoms with E-state index in [0.29, 0.717) is 12.3 Å². The molecule has 1 aromatic rings. The van der Waals surface area contributed by atoms with Crippen molar-refractivity contribution < 1.29 is 13.2 Å². The summed E-state index contributed by atoms with van der Waals surface area (Å²) >= 11 is 0. The van der Waals surface area contributed by atoms with Gasteiger partial charge in [0.15, 0.2) is 0 Å². The van der Waals surface area contributed by atoms with Crippen molar-refractivity contribution in [3.63, 3.8) is 0 Å². The molecule has 0 unspecified atom stereocenters. The predicted octanol–water partition coefficient (Wildman–Crippen LogP) is 1.20. The smallest absolute Gasteiger partial charge is 0.240 e. The highest BCUT2D eigenvalue weighted by molar-refractivity contribution is 7.89. The predicted molar refractivity (Wildman–Crippen MR) is 78.5 cm³/mol. The molecule has 0 atom stereocenters. The molecule has 0 bridgehead atoms. The van der Waals surface area contributed by atoms with E-state index in [0.717, 1.165) is 30.6 Å². The van der Waals surface area contributed by atoms with E-state index in [2.05, 4.69) is 10.0 Å². The summed E-state index contributed by atoms with van der Waals surface area (Å²) < 4.78 is 32.2. The Kier molecular flexibility index (Phi) is 4.80. The van der Waals surface area contributed by atoms with Crippen LogP contribution in [0.2, 0.25) is 0 Å². The molecular formula is C14H20N2O3S. The van der Waals surface area contributed by atoms with E-state index < -0.39 is 10.0 Å². The molecule has 0 spiro atoms. The topological polar surface area (TPSA) is 67.4 Å². The first-order chi connectivity index (χ1) is 9.53. The Balaban J connectivity index is 2.09. The number of rotatable bonds is 5. The molecule has 1 aliphatic rings. The fourth-order valence-corrected chi connectivity index (χ4v) is 3.24. The Bertz CT molecular complexity index is 609. The first-order valence-corrected chi connectivity index (χ1v) is 8.04. The van der Waals surface area contributed by atoms with Gasteiger partial charge in [0.1, 0.15) is 5.75 Å². The van der Waals surface area contributed by atoms with Crippen LogP contribution in [0.5, 0.6) is 5.75 Å². The van der Waals surface area contributed by atoms with Crippen molar-refractivity contribution in [3.8, 4) is 5.75 Å². The van der Waals surface area contributed by atoms with Crippen molar-refractivity contribution >= 4 is 10.0 Å². The third-order valence-electron chi connectivity index (χ3n) is 3.32. The van der Waals surface area contributed by atoms with Crippen LogP contribution in [0.15, 0.2) is 34.7 Å². The van der Waals surface area contributed by atoms with Gasteiger partial charge in [-0.3, -0.25) is 0 Å². The molecular weight excluding hydrogens is 276 g/mol. The average Bonchev–Trinajstić information content (AvgIpc) is 2.46. The quantitative estimate of drug-likeness (QED) is 0.801. The highest BCUT2D eigenvalue weighted by atomic mass is 32.2. The number of benzene rings is 1. The molecule has 2 N–H and O–H groups in total. The van der Waals surface area contributed by atoms with Gasteiger partial charge in [0, 0.05) is 13.1 Å². The Morgan fingerprint density at radius 2 is 2.20 bits per heavy atom. The number of hydrogen-bond acceptors (Lipinski definition) is 4. The SMILES string of the molecule is COc1ccc(S(=O)(=O)NCC2=CCNCC2)cc1C. The molecule has 0 saturated carbocycles. The Hall–Kier alpha value is -1.37. The summed E-state index contributed by atoms with van der Waals surface area (Å²) in [5.74, 6) is 0.685. The minimum atomic E-state index is -3.47. The van der Waals surface area contributed by atoms with Gasteiger partial charge in [-0.15, -0.1) is 0 Å². The first kappa shape index (κ1) is 15.0. The lowest BCUT2D eigenvalue weighted by Gasteiger charge is -2.15. The van der Waals surface area contributed by atoms with Crippen LogP contribution >= 0.6 is 0 Å². The van der Waals surface area contributed by atoms with E-state index in [9.17, 15) is 8.42 Å². The molecule has 1 aromatic carbocycles. The number of methoxy groups -OCH3 is 1. The van der Waals surface area contributed by atoms with Crippen LogP contribution in [0, 0.1) is 6.92 Å². The first-order valence-electron chi connectivity index (χ1n) is 6.56. The van der Waals surface area contributed by atoms with Crippen molar-refractivity contribution in [2.45, 2.75) is 18.2 Å². The maximum atomic E-state index is 12.2. The normalized spacial score (nSPS) is 15.8. The largest absolute Gasteiger partial charge is 0.496 e. The third-order valence-corrected chi connectivity index (χ3v) is 4.72. The van der Waals surface area contributed by atoms with Gasteiger partial charge in [-0.1, -0.05) is 11.6 Å². The zero-order valence-corrected chi connectivity index (χ0v) is 12.6. The summed E-state index contributed by atoms with van der Waals surface area (Å²) in [6, 6.07) is 4.86. The maximum Gasteiger partial charge on any atom is 0.240 e. The van der Waals surface area contributed by atoms with Gasteiger partial charge in [-0.25, -0.2) is 13.1 Å². The summed E-state index contributed by atoms with van der Waals surface area (Å²) in [6.45, 7) is 3.90. The van der Waals surface area contributed by atoms with Crippen molar-refractivity contribution in [2.75, 3.05) is 26.7 Å². The lowest BCUT2D eigenvalue weighted by Crippen LogP contribution is -2.29. The highest BCUT2D eigenvalue weighted by Gasteiger charge is 2.16. The van der Waals surface area contributed by atoms with E-state index in [4.69, 9.17) is 4.74 Å². The minimum Gasteiger partial charge on any atom is -0.496 e. The molecule has 0 aliphatic carbocycles. The van der Waals surface area contributed by atoms with Crippen molar-refractivity contribution in [2.24, 2.45) is 0 Å². The number of nitrogens with one attached hydrogen (secondary N) is 2. The van der Waals surface area contributed by atoms with E-state index in [1.165, 1.54) is 0 Å². The lowest BCUT2D eigenvalue weighted by atomic mass is 10.1. The van der Waals surface area contributed by atoms with Crippen molar-refractivity contribution in [1.29, 1.82) is 0 Å². The van der Waals surface area contributed by atoms with Crippen molar-refractivity contribution in [1.82, 2.24) is 10.0 Å². The number of sulfonamides is 1. The molecule has 0 radical (unpaired) electrons. The van der Waals surface area contributed by atoms with Crippen LogP contribution in [-0.4, -0.2) is 35.2 Å². The van der Waals surface area contributed by atoms with Gasteiger partial charge in [0.25, 0.3) is 0 Å². The molecule has 5 nitrogen and oxygen atoms in total. The second-order valence-corrected chi connectivity index (χ2v) is 6.54. The molecule has 0 amide bonds. The molecule has 6 heteroatoms. The summed E-state index contributed by atoms with van der Waals surface area (Å²) in [4.78, 5) is 0.269. The van der Waals surface area contributed by atoms with Gasteiger partial charge in [-0.2, -0.15) is 0 Å². The molecule has 2 rings (SSSR count). The molecule has 1 aliphatic heterocycles. The van der Waals surface area contributed by atoms with Crippen LogP contribution in [-0.2, 0) is 10.0 Å². The van der Waals surface area contributed by atoms with Crippen LogP contribution in [0.4, 0.5) is 0 Å². The van der Waals surface area contributed by atoms with Crippen LogP contribution in [0.3, 0.4) is 0 Å². The summed E-state index contributed by atoms with van der Waals surface area (Å²) in [6.07, 6.45) is 2.91. The number of aryl methyl sites for hydroxylation is 1. The fourth-order valence-electron chi connectivity index (χ4n) is 2.12. The van der Waals surface area contributed by atoms with Crippen LogP contribution in [0.25, 0.3) is 0 Å². The Morgan fingerprint density at radius 3 is 2.80 bits per heavy atom. The number of ether oxygens (including phenoxy) is 1. The maximum absolute atomic E-state index is 12.2. The van der Waals surface area contributed by atoms with Gasteiger partial charge >= 0.3 is 0 Å². The number of hydrogen-bond donors (Lipinski definition) is 2. The molecule has 20 heavy (non-hydrogen) atoms. The Labute approximate surface area is 120 Å². The van der Waals surface area contributed by atoms with Crippen LogP contribution in [0.1, 0.15) is 12.0 Å². The lowest BCUT2D eigenvalue weighted by molar-refractivity contribution is 0.411. The van der Waals surface area contributed by atoms with E-state index >= 15 is 0 Å². The second-order valence-electron chi connectivity index (χ2n) is 4.77.